The van der Waals surface area contributed by atoms with Crippen molar-refractivity contribution in [1.82, 2.24) is 9.21 Å². The molecule has 0 aliphatic carbocycles. The maximum atomic E-state index is 11.5. The van der Waals surface area contributed by atoms with Crippen LogP contribution in [0.4, 0.5) is 0 Å². The van der Waals surface area contributed by atoms with Crippen LogP contribution in [0.15, 0.2) is 0 Å². The molecule has 19 heavy (non-hydrogen) atoms. The van der Waals surface area contributed by atoms with Crippen LogP contribution in [0.5, 0.6) is 0 Å². The van der Waals surface area contributed by atoms with Crippen LogP contribution < -0.4 is 0 Å². The molecule has 0 amide bonds. The molecule has 0 radical (unpaired) electrons. The van der Waals surface area contributed by atoms with Gasteiger partial charge in [-0.25, -0.2) is 12.7 Å². The van der Waals surface area contributed by atoms with Crippen molar-refractivity contribution in [3.05, 3.63) is 0 Å². The van der Waals surface area contributed by atoms with E-state index in [-0.39, 0.29) is 12.2 Å². The summed E-state index contributed by atoms with van der Waals surface area (Å²) in [6.07, 6.45) is 1.19. The first-order valence-corrected chi connectivity index (χ1v) is 8.50. The molecule has 0 N–H and O–H groups in total. The summed E-state index contributed by atoms with van der Waals surface area (Å²) in [5.41, 5.74) is 0. The molecule has 1 saturated heterocycles. The van der Waals surface area contributed by atoms with Gasteiger partial charge < -0.3 is 9.47 Å². The van der Waals surface area contributed by atoms with E-state index in [4.69, 9.17) is 9.47 Å². The number of hydrogen-bond acceptors (Lipinski definition) is 5. The Kier molecular flexibility index (Phi) is 6.68. The van der Waals surface area contributed by atoms with Crippen LogP contribution in [0.2, 0.25) is 0 Å². The fourth-order valence-electron chi connectivity index (χ4n) is 2.02. The standard InChI is InChI=1S/C12H26N2O4S/c1-11(2)18-12(9-13(3)19(4,15)16)10-14-5-7-17-8-6-14/h11-12H,5-10H2,1-4H3. The zero-order valence-corrected chi connectivity index (χ0v) is 13.1. The Balaban J connectivity index is 2.55. The second-order valence-electron chi connectivity index (χ2n) is 5.26. The summed E-state index contributed by atoms with van der Waals surface area (Å²) in [6, 6.07) is 0. The minimum atomic E-state index is -3.16. The van der Waals surface area contributed by atoms with Crippen LogP contribution in [-0.4, -0.2) is 82.5 Å². The first kappa shape index (κ1) is 16.8. The molecule has 0 saturated carbocycles. The lowest BCUT2D eigenvalue weighted by Gasteiger charge is -2.32. The molecule has 0 bridgehead atoms. The van der Waals surface area contributed by atoms with E-state index in [1.165, 1.54) is 10.6 Å². The lowest BCUT2D eigenvalue weighted by Crippen LogP contribution is -2.46. The van der Waals surface area contributed by atoms with Crippen LogP contribution in [0.25, 0.3) is 0 Å². The van der Waals surface area contributed by atoms with Crippen molar-refractivity contribution < 1.29 is 17.9 Å². The van der Waals surface area contributed by atoms with Crippen molar-refractivity contribution in [3.8, 4) is 0 Å². The van der Waals surface area contributed by atoms with Crippen molar-refractivity contribution >= 4 is 10.0 Å². The molecule has 0 spiro atoms. The highest BCUT2D eigenvalue weighted by atomic mass is 32.2. The SMILES string of the molecule is CC(C)OC(CN1CCOCC1)CN(C)S(C)(=O)=O. The van der Waals surface area contributed by atoms with Crippen LogP contribution in [0.3, 0.4) is 0 Å². The Labute approximate surface area is 116 Å². The summed E-state index contributed by atoms with van der Waals surface area (Å²) >= 11 is 0. The molecule has 1 rings (SSSR count). The monoisotopic (exact) mass is 294 g/mol. The molecule has 1 fully saturated rings. The van der Waals surface area contributed by atoms with Crippen molar-refractivity contribution in [1.29, 1.82) is 0 Å². The Morgan fingerprint density at radius 2 is 1.89 bits per heavy atom. The molecule has 7 heteroatoms. The number of likely N-dealkylation sites (N-methyl/N-ethyl adjacent to an activating group) is 1. The minimum Gasteiger partial charge on any atom is -0.379 e. The number of hydrogen-bond donors (Lipinski definition) is 0. The molecule has 1 unspecified atom stereocenters. The second-order valence-corrected chi connectivity index (χ2v) is 7.35. The number of nitrogens with zero attached hydrogens (tertiary/aromatic N) is 2. The molecular formula is C12H26N2O4S. The fourth-order valence-corrected chi connectivity index (χ4v) is 2.46. The molecule has 0 aromatic carbocycles. The topological polar surface area (TPSA) is 59.1 Å². The van der Waals surface area contributed by atoms with Crippen molar-refractivity contribution in [2.45, 2.75) is 26.1 Å². The summed E-state index contributed by atoms with van der Waals surface area (Å²) in [6.45, 7) is 8.27. The average Bonchev–Trinajstić information content (AvgIpc) is 2.28. The zero-order chi connectivity index (χ0) is 14.5. The Bertz CT molecular complexity index is 353. The molecule has 1 aliphatic heterocycles. The van der Waals surface area contributed by atoms with Gasteiger partial charge in [-0.1, -0.05) is 0 Å². The van der Waals surface area contributed by atoms with Gasteiger partial charge in [0.2, 0.25) is 10.0 Å². The third-order valence-corrected chi connectivity index (χ3v) is 4.34. The summed E-state index contributed by atoms with van der Waals surface area (Å²) < 4.78 is 35.4. The van der Waals surface area contributed by atoms with E-state index >= 15 is 0 Å². The molecule has 0 aromatic heterocycles. The van der Waals surface area contributed by atoms with E-state index in [2.05, 4.69) is 4.90 Å². The van der Waals surface area contributed by atoms with Gasteiger partial charge in [0, 0.05) is 33.2 Å². The second kappa shape index (κ2) is 7.54. The van der Waals surface area contributed by atoms with E-state index in [0.29, 0.717) is 6.54 Å². The van der Waals surface area contributed by atoms with Gasteiger partial charge in [-0.3, -0.25) is 4.90 Å². The summed E-state index contributed by atoms with van der Waals surface area (Å²) in [5, 5.41) is 0. The highest BCUT2D eigenvalue weighted by Crippen LogP contribution is 2.07. The van der Waals surface area contributed by atoms with E-state index in [0.717, 1.165) is 32.8 Å². The van der Waals surface area contributed by atoms with Gasteiger partial charge in [0.15, 0.2) is 0 Å². The number of sulfonamides is 1. The Hall–Kier alpha value is -0.210. The smallest absolute Gasteiger partial charge is 0.211 e. The molecule has 1 aliphatic rings. The van der Waals surface area contributed by atoms with Gasteiger partial charge in [-0.2, -0.15) is 0 Å². The lowest BCUT2D eigenvalue weighted by atomic mass is 10.3. The van der Waals surface area contributed by atoms with Gasteiger partial charge in [0.1, 0.15) is 0 Å². The highest BCUT2D eigenvalue weighted by Gasteiger charge is 2.22. The van der Waals surface area contributed by atoms with Gasteiger partial charge in [0.25, 0.3) is 0 Å². The average molecular weight is 294 g/mol. The predicted molar refractivity (Wildman–Crippen MR) is 74.7 cm³/mol. The van der Waals surface area contributed by atoms with E-state index in [1.807, 2.05) is 13.8 Å². The van der Waals surface area contributed by atoms with E-state index < -0.39 is 10.0 Å². The van der Waals surface area contributed by atoms with Crippen molar-refractivity contribution in [2.75, 3.05) is 52.7 Å². The lowest BCUT2D eigenvalue weighted by molar-refractivity contribution is -0.0380. The molecule has 1 heterocycles. The number of rotatable bonds is 7. The third kappa shape index (κ3) is 6.67. The molecule has 0 aromatic rings. The normalized spacial score (nSPS) is 20.1. The van der Waals surface area contributed by atoms with Crippen LogP contribution in [0, 0.1) is 0 Å². The summed E-state index contributed by atoms with van der Waals surface area (Å²) in [5.74, 6) is 0. The first-order chi connectivity index (χ1) is 8.79. The minimum absolute atomic E-state index is 0.0824. The summed E-state index contributed by atoms with van der Waals surface area (Å²) in [4.78, 5) is 2.26. The Morgan fingerprint density at radius 1 is 1.32 bits per heavy atom. The number of ether oxygens (including phenoxy) is 2. The maximum Gasteiger partial charge on any atom is 0.211 e. The van der Waals surface area contributed by atoms with Crippen molar-refractivity contribution in [2.24, 2.45) is 0 Å². The molecule has 114 valence electrons. The number of morpholine rings is 1. The molecule has 1 atom stereocenters. The van der Waals surface area contributed by atoms with Gasteiger partial charge in [0.05, 0.1) is 31.7 Å². The summed E-state index contributed by atoms with van der Waals surface area (Å²) in [7, 11) is -1.58. The van der Waals surface area contributed by atoms with Crippen LogP contribution in [-0.2, 0) is 19.5 Å². The highest BCUT2D eigenvalue weighted by molar-refractivity contribution is 7.88. The fraction of sp³-hybridized carbons (Fsp3) is 1.00. The van der Waals surface area contributed by atoms with Crippen LogP contribution in [0.1, 0.15) is 13.8 Å². The van der Waals surface area contributed by atoms with E-state index in [9.17, 15) is 8.42 Å². The van der Waals surface area contributed by atoms with Crippen molar-refractivity contribution in [3.63, 3.8) is 0 Å². The van der Waals surface area contributed by atoms with Crippen LogP contribution >= 0.6 is 0 Å². The zero-order valence-electron chi connectivity index (χ0n) is 12.3. The van der Waals surface area contributed by atoms with Gasteiger partial charge in [-0.15, -0.1) is 0 Å². The third-order valence-electron chi connectivity index (χ3n) is 3.06. The quantitative estimate of drug-likeness (QED) is 0.662. The largest absolute Gasteiger partial charge is 0.379 e. The molecular weight excluding hydrogens is 268 g/mol. The predicted octanol–water partition coefficient (Wildman–Crippen LogP) is 0.00360. The maximum absolute atomic E-state index is 11.5. The first-order valence-electron chi connectivity index (χ1n) is 6.66. The molecule has 6 nitrogen and oxygen atoms in total. The van der Waals surface area contributed by atoms with E-state index in [1.54, 1.807) is 7.05 Å². The Morgan fingerprint density at radius 3 is 2.37 bits per heavy atom. The van der Waals surface area contributed by atoms with Gasteiger partial charge >= 0.3 is 0 Å². The van der Waals surface area contributed by atoms with Gasteiger partial charge in [-0.05, 0) is 13.8 Å².